The lowest BCUT2D eigenvalue weighted by Crippen LogP contribution is -2.49. The number of hydrogen-bond acceptors (Lipinski definition) is 11. The molecule has 1 atom stereocenters. The monoisotopic (exact) mass is 652 g/mol. The Hall–Kier alpha value is -4.59. The molecule has 1 aliphatic rings. The molecule has 0 aromatic carbocycles. The van der Waals surface area contributed by atoms with Gasteiger partial charge in [0.05, 0.1) is 11.3 Å². The molecule has 2 amide bonds. The number of anilines is 2. The maximum Gasteiger partial charge on any atom is 0.331 e. The molecule has 0 radical (unpaired) electrons. The largest absolute Gasteiger partial charge is 0.457 e. The Balaban J connectivity index is 1.68. The highest BCUT2D eigenvalue weighted by atomic mass is 32.1. The highest BCUT2D eigenvalue weighted by Crippen LogP contribution is 2.27. The zero-order valence-electron chi connectivity index (χ0n) is 27.1. The average Bonchev–Trinajstić information content (AvgIpc) is 3.44. The van der Waals surface area contributed by atoms with Crippen molar-refractivity contribution in [2.45, 2.75) is 78.4 Å². The molecule has 46 heavy (non-hydrogen) atoms. The van der Waals surface area contributed by atoms with E-state index in [2.05, 4.69) is 15.6 Å². The second-order valence-corrected chi connectivity index (χ2v) is 13.9. The molecule has 3 aromatic heterocycles. The maximum absolute atomic E-state index is 13.8. The summed E-state index contributed by atoms with van der Waals surface area (Å²) in [7, 11) is 0. The first-order valence-electron chi connectivity index (χ1n) is 14.9. The Morgan fingerprint density at radius 2 is 1.87 bits per heavy atom. The summed E-state index contributed by atoms with van der Waals surface area (Å²) < 4.78 is 11.5. The summed E-state index contributed by atoms with van der Waals surface area (Å²) in [5.41, 5.74) is 0.146. The van der Waals surface area contributed by atoms with Crippen LogP contribution in [0.15, 0.2) is 34.6 Å². The van der Waals surface area contributed by atoms with Gasteiger partial charge in [-0.1, -0.05) is 20.8 Å². The van der Waals surface area contributed by atoms with Crippen LogP contribution in [-0.2, 0) is 29.3 Å². The molecule has 4 heterocycles. The molecule has 0 aliphatic carbocycles. The fourth-order valence-electron chi connectivity index (χ4n) is 4.72. The van der Waals surface area contributed by atoms with Crippen LogP contribution in [0.2, 0.25) is 0 Å². The molecular weight excluding hydrogens is 612 g/mol. The molecule has 14 heteroatoms. The molecule has 0 unspecified atom stereocenters. The first-order valence-corrected chi connectivity index (χ1v) is 15.8. The predicted octanol–water partition coefficient (Wildman–Crippen LogP) is 3.70. The average molecular weight is 653 g/mol. The van der Waals surface area contributed by atoms with E-state index in [4.69, 9.17) is 14.5 Å². The molecular formula is C32H40N6O7S. The van der Waals surface area contributed by atoms with Crippen molar-refractivity contribution in [2.24, 2.45) is 0 Å². The van der Waals surface area contributed by atoms with Crippen LogP contribution in [0.4, 0.5) is 10.9 Å². The number of hydrogen-bond donors (Lipinski definition) is 2. The number of amides is 2. The number of nitrogens with zero attached hydrogens (tertiary/aromatic N) is 4. The number of pyridine rings is 1. The third kappa shape index (κ3) is 8.99. The minimum atomic E-state index is -0.727. The molecule has 0 spiro atoms. The minimum absolute atomic E-state index is 0.143. The van der Waals surface area contributed by atoms with Gasteiger partial charge in [0, 0.05) is 54.7 Å². The molecule has 246 valence electrons. The smallest absolute Gasteiger partial charge is 0.331 e. The van der Waals surface area contributed by atoms with Gasteiger partial charge in [-0.15, -0.1) is 11.3 Å². The fourth-order valence-corrected chi connectivity index (χ4v) is 5.66. The number of esters is 2. The van der Waals surface area contributed by atoms with Crippen LogP contribution < -0.4 is 21.1 Å². The number of fused-ring (bicyclic) bond motifs is 1. The zero-order valence-corrected chi connectivity index (χ0v) is 27.9. The molecule has 3 aromatic rings. The van der Waals surface area contributed by atoms with Gasteiger partial charge in [-0.2, -0.15) is 0 Å². The lowest BCUT2D eigenvalue weighted by molar-refractivity contribution is -0.148. The van der Waals surface area contributed by atoms with Crippen molar-refractivity contribution in [3.05, 3.63) is 57.0 Å². The number of ether oxygens (including phenoxy) is 2. The van der Waals surface area contributed by atoms with E-state index in [-0.39, 0.29) is 34.0 Å². The second-order valence-electron chi connectivity index (χ2n) is 13.0. The first kappa shape index (κ1) is 34.3. The fraction of sp³-hybridized carbons (Fsp3) is 0.469. The zero-order chi connectivity index (χ0) is 33.8. The van der Waals surface area contributed by atoms with Crippen LogP contribution in [0.5, 0.6) is 0 Å². The van der Waals surface area contributed by atoms with E-state index in [0.717, 1.165) is 5.69 Å². The first-order chi connectivity index (χ1) is 21.5. The van der Waals surface area contributed by atoms with E-state index >= 15 is 0 Å². The lowest BCUT2D eigenvalue weighted by Gasteiger charge is -2.34. The second kappa shape index (κ2) is 13.8. The quantitative estimate of drug-likeness (QED) is 0.271. The summed E-state index contributed by atoms with van der Waals surface area (Å²) in [4.78, 5) is 74.2. The van der Waals surface area contributed by atoms with Gasteiger partial charge >= 0.3 is 11.9 Å². The van der Waals surface area contributed by atoms with Crippen molar-refractivity contribution in [1.29, 1.82) is 0 Å². The van der Waals surface area contributed by atoms with Crippen LogP contribution in [0.25, 0.3) is 11.7 Å². The summed E-state index contributed by atoms with van der Waals surface area (Å²) in [5.74, 6) is -1.74. The van der Waals surface area contributed by atoms with Gasteiger partial charge in [0.25, 0.3) is 17.4 Å². The Labute approximate surface area is 271 Å². The van der Waals surface area contributed by atoms with E-state index in [9.17, 15) is 24.0 Å². The van der Waals surface area contributed by atoms with Crippen LogP contribution in [0, 0.1) is 0 Å². The molecule has 1 saturated heterocycles. The Morgan fingerprint density at radius 3 is 2.52 bits per heavy atom. The standard InChI is InChI=1S/C32H40N6O7S/c1-19(39)44-17-25(40)33-21-9-8-13-37(16-21)27-22(10-11-26(41)45-32(5,6)7)29(43)38-14-12-20(15-24(38)35-27)28(42)36-30-34-23(18-46-30)31(2,3)4/h10-12,14-15,18,21H,8-9,13,16-17H2,1-7H3,(H,33,40)(H,34,36,42)/t21-/m0/s1. The molecule has 0 saturated carbocycles. The Kier molecular flexibility index (Phi) is 10.3. The van der Waals surface area contributed by atoms with Gasteiger partial charge in [-0.25, -0.2) is 14.8 Å². The van der Waals surface area contributed by atoms with Crippen LogP contribution >= 0.6 is 11.3 Å². The molecule has 4 rings (SSSR count). The van der Waals surface area contributed by atoms with Crippen molar-refractivity contribution < 1.29 is 28.7 Å². The van der Waals surface area contributed by atoms with E-state index in [1.807, 2.05) is 31.1 Å². The number of carbonyl (C=O) groups is 4. The lowest BCUT2D eigenvalue weighted by atomic mass is 9.93. The van der Waals surface area contributed by atoms with Crippen molar-refractivity contribution in [3.63, 3.8) is 0 Å². The van der Waals surface area contributed by atoms with Crippen molar-refractivity contribution in [3.8, 4) is 0 Å². The number of thiazole rings is 1. The van der Waals surface area contributed by atoms with Crippen LogP contribution in [-0.4, -0.2) is 69.5 Å². The number of rotatable bonds is 8. The summed E-state index contributed by atoms with van der Waals surface area (Å²) >= 11 is 1.33. The van der Waals surface area contributed by atoms with E-state index in [0.29, 0.717) is 31.1 Å². The number of nitrogens with one attached hydrogen (secondary N) is 2. The molecule has 1 aliphatic heterocycles. The highest BCUT2D eigenvalue weighted by Gasteiger charge is 2.26. The summed E-state index contributed by atoms with van der Waals surface area (Å²) in [6, 6.07) is 2.72. The van der Waals surface area contributed by atoms with Crippen LogP contribution in [0.1, 0.15) is 82.9 Å². The van der Waals surface area contributed by atoms with Gasteiger partial charge in [-0.05, 0) is 51.8 Å². The third-order valence-corrected chi connectivity index (χ3v) is 7.64. The van der Waals surface area contributed by atoms with Crippen LogP contribution in [0.3, 0.4) is 0 Å². The summed E-state index contributed by atoms with van der Waals surface area (Å²) in [5, 5.41) is 8.04. The predicted molar refractivity (Wildman–Crippen MR) is 175 cm³/mol. The Bertz CT molecular complexity index is 1730. The van der Waals surface area contributed by atoms with E-state index in [1.165, 1.54) is 53.1 Å². The van der Waals surface area contributed by atoms with Gasteiger partial charge in [-0.3, -0.25) is 28.9 Å². The highest BCUT2D eigenvalue weighted by molar-refractivity contribution is 7.14. The van der Waals surface area contributed by atoms with E-state index < -0.39 is 41.5 Å². The number of carbonyl (C=O) groups excluding carboxylic acids is 4. The minimum Gasteiger partial charge on any atom is -0.457 e. The topological polar surface area (TPSA) is 161 Å². The SMILES string of the molecule is CC(=O)OCC(=O)N[C@H]1CCCN(c2nc3cc(C(=O)Nc4nc(C(C)(C)C)cs4)ccn3c(=O)c2C=CC(=O)OC(C)(C)C)C1. The van der Waals surface area contributed by atoms with Gasteiger partial charge < -0.3 is 19.7 Å². The number of aromatic nitrogens is 3. The van der Waals surface area contributed by atoms with Crippen molar-refractivity contribution in [2.75, 3.05) is 29.9 Å². The normalized spacial score (nSPS) is 15.5. The third-order valence-electron chi connectivity index (χ3n) is 6.89. The number of piperidine rings is 1. The molecule has 2 N–H and O–H groups in total. The molecule has 0 bridgehead atoms. The van der Waals surface area contributed by atoms with Crippen molar-refractivity contribution in [1.82, 2.24) is 19.7 Å². The van der Waals surface area contributed by atoms with Gasteiger partial charge in [0.15, 0.2) is 11.7 Å². The maximum atomic E-state index is 13.8. The molecule has 1 fully saturated rings. The van der Waals surface area contributed by atoms with Crippen molar-refractivity contribution >= 4 is 57.8 Å². The Morgan fingerprint density at radius 1 is 1.13 bits per heavy atom. The summed E-state index contributed by atoms with van der Waals surface area (Å²) in [6.07, 6.45) is 5.36. The van der Waals surface area contributed by atoms with E-state index in [1.54, 1.807) is 20.8 Å². The summed E-state index contributed by atoms with van der Waals surface area (Å²) in [6.45, 7) is 13.0. The molecule has 13 nitrogen and oxygen atoms in total. The van der Waals surface area contributed by atoms with Gasteiger partial charge in [0.1, 0.15) is 17.1 Å². The van der Waals surface area contributed by atoms with Gasteiger partial charge in [0.2, 0.25) is 0 Å².